The summed E-state index contributed by atoms with van der Waals surface area (Å²) in [6.07, 6.45) is 4.86. The quantitative estimate of drug-likeness (QED) is 0.778. The van der Waals surface area contributed by atoms with E-state index in [1.54, 1.807) is 19.2 Å². The number of hydrogen-bond acceptors (Lipinski definition) is 2. The smallest absolute Gasteiger partial charge is 0.123 e. The summed E-state index contributed by atoms with van der Waals surface area (Å²) in [5.74, 6) is -0.255. The van der Waals surface area contributed by atoms with Crippen LogP contribution >= 0.6 is 0 Å². The van der Waals surface area contributed by atoms with Crippen molar-refractivity contribution in [2.24, 2.45) is 10.7 Å². The first-order valence-corrected chi connectivity index (χ1v) is 5.33. The molecule has 2 nitrogen and oxygen atoms in total. The number of nitrogens with zero attached hydrogens (tertiary/aromatic N) is 1. The molecule has 0 aromatic heterocycles. The first-order chi connectivity index (χ1) is 7.69. The molecule has 16 heavy (non-hydrogen) atoms. The third-order valence-electron chi connectivity index (χ3n) is 2.33. The zero-order valence-electron chi connectivity index (χ0n) is 9.65. The third kappa shape index (κ3) is 3.28. The fourth-order valence-electron chi connectivity index (χ4n) is 1.40. The van der Waals surface area contributed by atoms with Crippen LogP contribution in [0.25, 0.3) is 0 Å². The molecule has 3 heteroatoms. The lowest BCUT2D eigenvalue weighted by Gasteiger charge is -2.11. The SMILES string of the molecule is CC/C=C\C(=NC)C(N)c1ccc(F)cc1. The predicted octanol–water partition coefficient (Wildman–Crippen LogP) is 2.86. The molecule has 1 aromatic carbocycles. The fourth-order valence-corrected chi connectivity index (χ4v) is 1.40. The molecule has 0 radical (unpaired) electrons. The van der Waals surface area contributed by atoms with E-state index in [1.165, 1.54) is 12.1 Å². The van der Waals surface area contributed by atoms with Gasteiger partial charge in [0.05, 0.1) is 11.8 Å². The molecule has 0 bridgehead atoms. The summed E-state index contributed by atoms with van der Waals surface area (Å²) in [5, 5.41) is 0. The zero-order valence-corrected chi connectivity index (χ0v) is 9.65. The van der Waals surface area contributed by atoms with Crippen molar-refractivity contribution in [3.05, 3.63) is 47.8 Å². The number of nitrogens with two attached hydrogens (primary N) is 1. The van der Waals surface area contributed by atoms with E-state index in [9.17, 15) is 4.39 Å². The topological polar surface area (TPSA) is 38.4 Å². The van der Waals surface area contributed by atoms with Gasteiger partial charge in [-0.1, -0.05) is 25.1 Å². The van der Waals surface area contributed by atoms with Crippen molar-refractivity contribution in [1.29, 1.82) is 0 Å². The highest BCUT2D eigenvalue weighted by Crippen LogP contribution is 2.13. The van der Waals surface area contributed by atoms with Gasteiger partial charge in [-0.25, -0.2) is 4.39 Å². The molecule has 2 N–H and O–H groups in total. The van der Waals surface area contributed by atoms with E-state index in [4.69, 9.17) is 5.73 Å². The van der Waals surface area contributed by atoms with E-state index < -0.39 is 0 Å². The summed E-state index contributed by atoms with van der Waals surface area (Å²) in [6.45, 7) is 2.05. The monoisotopic (exact) mass is 220 g/mol. The van der Waals surface area contributed by atoms with Crippen molar-refractivity contribution >= 4 is 5.71 Å². The standard InChI is InChI=1S/C13H17FN2/c1-3-4-5-12(16-2)13(15)10-6-8-11(14)9-7-10/h4-9,13H,3,15H2,1-2H3/b5-4-,16-12?. The molecule has 0 amide bonds. The Morgan fingerprint density at radius 3 is 2.56 bits per heavy atom. The summed E-state index contributed by atoms with van der Waals surface area (Å²) in [5.41, 5.74) is 7.70. The van der Waals surface area contributed by atoms with Crippen LogP contribution < -0.4 is 5.73 Å². The highest BCUT2D eigenvalue weighted by Gasteiger charge is 2.10. The molecule has 1 rings (SSSR count). The number of hydrogen-bond donors (Lipinski definition) is 1. The van der Waals surface area contributed by atoms with Crippen LogP contribution in [0.15, 0.2) is 41.4 Å². The van der Waals surface area contributed by atoms with Gasteiger partial charge in [-0.05, 0) is 30.2 Å². The minimum atomic E-state index is -0.298. The lowest BCUT2D eigenvalue weighted by molar-refractivity contribution is 0.626. The highest BCUT2D eigenvalue weighted by molar-refractivity contribution is 5.99. The largest absolute Gasteiger partial charge is 0.319 e. The van der Waals surface area contributed by atoms with Gasteiger partial charge < -0.3 is 5.73 Å². The van der Waals surface area contributed by atoms with Crippen molar-refractivity contribution in [2.45, 2.75) is 19.4 Å². The Kier molecular flexibility index (Phi) is 4.86. The van der Waals surface area contributed by atoms with Crippen molar-refractivity contribution in [1.82, 2.24) is 0 Å². The Bertz CT molecular complexity index is 379. The summed E-state index contributed by atoms with van der Waals surface area (Å²) < 4.78 is 12.8. The molecule has 1 aromatic rings. The maximum absolute atomic E-state index is 12.8. The van der Waals surface area contributed by atoms with Gasteiger partial charge in [0.1, 0.15) is 5.82 Å². The second-order valence-corrected chi connectivity index (χ2v) is 3.49. The van der Waals surface area contributed by atoms with Crippen LogP contribution in [0.4, 0.5) is 4.39 Å². The first kappa shape index (κ1) is 12.6. The molecule has 0 saturated heterocycles. The van der Waals surface area contributed by atoms with Crippen LogP contribution in [-0.2, 0) is 0 Å². The molecule has 0 aliphatic carbocycles. The summed E-state index contributed by atoms with van der Waals surface area (Å²) in [7, 11) is 1.71. The summed E-state index contributed by atoms with van der Waals surface area (Å²) in [6, 6.07) is 5.89. The van der Waals surface area contributed by atoms with Gasteiger partial charge in [-0.2, -0.15) is 0 Å². The van der Waals surface area contributed by atoms with Gasteiger partial charge >= 0.3 is 0 Å². The number of benzene rings is 1. The minimum Gasteiger partial charge on any atom is -0.319 e. The van der Waals surface area contributed by atoms with E-state index >= 15 is 0 Å². The third-order valence-corrected chi connectivity index (χ3v) is 2.33. The Labute approximate surface area is 95.7 Å². The Morgan fingerprint density at radius 1 is 1.44 bits per heavy atom. The van der Waals surface area contributed by atoms with E-state index in [-0.39, 0.29) is 11.9 Å². The molecule has 0 aliphatic heterocycles. The Hall–Kier alpha value is -1.48. The molecular formula is C13H17FN2. The molecule has 0 spiro atoms. The van der Waals surface area contributed by atoms with Crippen molar-refractivity contribution in [3.63, 3.8) is 0 Å². The van der Waals surface area contributed by atoms with Crippen LogP contribution in [0.5, 0.6) is 0 Å². The second-order valence-electron chi connectivity index (χ2n) is 3.49. The highest BCUT2D eigenvalue weighted by atomic mass is 19.1. The summed E-state index contributed by atoms with van der Waals surface area (Å²) in [4.78, 5) is 4.14. The van der Waals surface area contributed by atoms with Crippen LogP contribution in [0, 0.1) is 5.82 Å². The number of aliphatic imine (C=N–C) groups is 1. The van der Waals surface area contributed by atoms with E-state index in [1.807, 2.05) is 19.1 Å². The molecule has 0 heterocycles. The average Bonchev–Trinajstić information content (AvgIpc) is 2.30. The van der Waals surface area contributed by atoms with E-state index in [0.717, 1.165) is 17.7 Å². The normalized spacial score (nSPS) is 14.4. The molecule has 1 unspecified atom stereocenters. The van der Waals surface area contributed by atoms with E-state index in [0.29, 0.717) is 0 Å². The predicted molar refractivity (Wildman–Crippen MR) is 66.1 cm³/mol. The lowest BCUT2D eigenvalue weighted by atomic mass is 10.0. The number of rotatable bonds is 4. The van der Waals surface area contributed by atoms with Gasteiger partial charge in [0, 0.05) is 7.05 Å². The van der Waals surface area contributed by atoms with Crippen LogP contribution in [0.3, 0.4) is 0 Å². The minimum absolute atomic E-state index is 0.255. The first-order valence-electron chi connectivity index (χ1n) is 5.33. The maximum atomic E-state index is 12.8. The molecular weight excluding hydrogens is 203 g/mol. The molecule has 0 saturated carbocycles. The van der Waals surface area contributed by atoms with Crippen LogP contribution in [0.2, 0.25) is 0 Å². The van der Waals surface area contributed by atoms with Crippen LogP contribution in [0.1, 0.15) is 24.9 Å². The van der Waals surface area contributed by atoms with Gasteiger partial charge in [0.15, 0.2) is 0 Å². The average molecular weight is 220 g/mol. The van der Waals surface area contributed by atoms with Gasteiger partial charge in [-0.15, -0.1) is 0 Å². The van der Waals surface area contributed by atoms with Crippen LogP contribution in [-0.4, -0.2) is 12.8 Å². The fraction of sp³-hybridized carbons (Fsp3) is 0.308. The zero-order chi connectivity index (χ0) is 12.0. The van der Waals surface area contributed by atoms with Gasteiger partial charge in [0.25, 0.3) is 0 Å². The van der Waals surface area contributed by atoms with Gasteiger partial charge in [0.2, 0.25) is 0 Å². The van der Waals surface area contributed by atoms with E-state index in [2.05, 4.69) is 4.99 Å². The summed E-state index contributed by atoms with van der Waals surface area (Å²) >= 11 is 0. The van der Waals surface area contributed by atoms with Crippen molar-refractivity contribution < 1.29 is 4.39 Å². The Morgan fingerprint density at radius 2 is 2.06 bits per heavy atom. The number of halogens is 1. The van der Waals surface area contributed by atoms with Crippen molar-refractivity contribution in [3.8, 4) is 0 Å². The van der Waals surface area contributed by atoms with Crippen molar-refractivity contribution in [2.75, 3.05) is 7.05 Å². The molecule has 0 aliphatic rings. The van der Waals surface area contributed by atoms with Gasteiger partial charge in [-0.3, -0.25) is 4.99 Å². The molecule has 0 fully saturated rings. The second kappa shape index (κ2) is 6.18. The molecule has 86 valence electrons. The lowest BCUT2D eigenvalue weighted by Crippen LogP contribution is -2.19. The Balaban J connectivity index is 2.87. The number of allylic oxidation sites excluding steroid dienone is 1. The maximum Gasteiger partial charge on any atom is 0.123 e. The molecule has 1 atom stereocenters.